The molecular weight excluding hydrogens is 454 g/mol. The third-order valence-corrected chi connectivity index (χ3v) is 7.77. The molecule has 2 N–H and O–H groups in total. The number of ether oxygens (including phenoxy) is 1. The first-order valence-electron chi connectivity index (χ1n) is 12.6. The van der Waals surface area contributed by atoms with Gasteiger partial charge in [-0.2, -0.15) is 0 Å². The summed E-state index contributed by atoms with van der Waals surface area (Å²) in [5, 5.41) is 14.8. The van der Waals surface area contributed by atoms with Gasteiger partial charge in [-0.05, 0) is 23.3 Å². The number of fused-ring (bicyclic) bond motifs is 3. The minimum Gasteiger partial charge on any atom is -0.453 e. The number of rotatable bonds is 8. The number of nitrogens with one attached hydrogen (secondary N) is 1. The molecule has 7 heteroatoms. The molecule has 3 aliphatic heterocycles. The predicted octanol–water partition coefficient (Wildman–Crippen LogP) is 2.90. The summed E-state index contributed by atoms with van der Waals surface area (Å²) in [7, 11) is 0. The van der Waals surface area contributed by atoms with Crippen LogP contribution in [-0.2, 0) is 15.1 Å². The van der Waals surface area contributed by atoms with Gasteiger partial charge in [0.1, 0.15) is 6.54 Å². The molecule has 0 unspecified atom stereocenters. The number of aliphatic hydroxyl groups is 1. The van der Waals surface area contributed by atoms with Gasteiger partial charge < -0.3 is 19.6 Å². The minimum atomic E-state index is -1.88. The highest BCUT2D eigenvalue weighted by Crippen LogP contribution is 2.38. The number of piperidine rings is 3. The predicted molar refractivity (Wildman–Crippen MR) is 135 cm³/mol. The molecule has 36 heavy (non-hydrogen) atoms. The van der Waals surface area contributed by atoms with Gasteiger partial charge in [0.2, 0.25) is 5.60 Å². The molecule has 1 amide bonds. The largest absolute Gasteiger partial charge is 0.453 e. The van der Waals surface area contributed by atoms with Crippen molar-refractivity contribution in [3.05, 3.63) is 102 Å². The summed E-state index contributed by atoms with van der Waals surface area (Å²) < 4.78 is 6.92. The summed E-state index contributed by atoms with van der Waals surface area (Å²) in [5.74, 6) is -0.483. The smallest absolute Gasteiger partial charge is 0.348 e. The number of amides is 1. The fraction of sp³-hybridized carbons (Fsp3) is 0.345. The van der Waals surface area contributed by atoms with Gasteiger partial charge in [-0.15, -0.1) is 0 Å². The maximum Gasteiger partial charge on any atom is 0.348 e. The van der Waals surface area contributed by atoms with Gasteiger partial charge in [0.15, 0.2) is 6.10 Å². The average molecular weight is 487 g/mol. The first kappa shape index (κ1) is 24.2. The standard InChI is InChI=1S/C29H31N3O4/c33-27(23-8-7-15-30-20-23)31-16-19-32-17-13-22(14-18-32)26(21-32)36-28(34)29(35,24-9-3-1-4-10-24)25-11-5-2-6-12-25/h1-12,15,20,22,26,35H,13-14,16-19,21H2/p+1/t22?,26-,32?/m0/s1. The number of nitrogens with zero attached hydrogens (tertiary/aromatic N) is 2. The number of benzene rings is 2. The molecule has 3 aliphatic rings. The normalized spacial score (nSPS) is 23.1. The number of carbonyl (C=O) groups excluding carboxylic acids is 2. The fourth-order valence-electron chi connectivity index (χ4n) is 5.66. The van der Waals surface area contributed by atoms with E-state index in [-0.39, 0.29) is 17.9 Å². The van der Waals surface area contributed by atoms with E-state index in [1.807, 2.05) is 36.4 Å². The Morgan fingerprint density at radius 1 is 0.972 bits per heavy atom. The molecule has 2 bridgehead atoms. The van der Waals surface area contributed by atoms with Crippen molar-refractivity contribution in [1.82, 2.24) is 10.3 Å². The van der Waals surface area contributed by atoms with Crippen LogP contribution >= 0.6 is 0 Å². The third-order valence-electron chi connectivity index (χ3n) is 7.77. The summed E-state index contributed by atoms with van der Waals surface area (Å²) in [4.78, 5) is 30.1. The molecule has 3 aromatic rings. The number of aromatic nitrogens is 1. The Labute approximate surface area is 211 Å². The van der Waals surface area contributed by atoms with Crippen molar-refractivity contribution in [1.29, 1.82) is 0 Å². The monoisotopic (exact) mass is 486 g/mol. The van der Waals surface area contributed by atoms with Crippen molar-refractivity contribution in [2.24, 2.45) is 5.92 Å². The van der Waals surface area contributed by atoms with Crippen LogP contribution < -0.4 is 5.32 Å². The van der Waals surface area contributed by atoms with Crippen molar-refractivity contribution in [3.8, 4) is 0 Å². The highest BCUT2D eigenvalue weighted by molar-refractivity contribution is 5.93. The number of carbonyl (C=O) groups is 2. The van der Waals surface area contributed by atoms with E-state index in [1.165, 1.54) is 0 Å². The molecule has 3 saturated heterocycles. The molecule has 4 heterocycles. The maximum absolute atomic E-state index is 13.6. The van der Waals surface area contributed by atoms with Crippen LogP contribution in [0.25, 0.3) is 0 Å². The van der Waals surface area contributed by atoms with Crippen LogP contribution in [0.2, 0.25) is 0 Å². The molecule has 6 rings (SSSR count). The van der Waals surface area contributed by atoms with Gasteiger partial charge >= 0.3 is 5.97 Å². The third kappa shape index (κ3) is 4.76. The van der Waals surface area contributed by atoms with Gasteiger partial charge in [0.05, 0.1) is 31.7 Å². The van der Waals surface area contributed by atoms with E-state index in [0.717, 1.165) is 37.0 Å². The molecule has 186 valence electrons. The van der Waals surface area contributed by atoms with Gasteiger partial charge in [-0.25, -0.2) is 4.79 Å². The van der Waals surface area contributed by atoms with Gasteiger partial charge in [-0.1, -0.05) is 60.7 Å². The Kier molecular flexibility index (Phi) is 6.85. The van der Waals surface area contributed by atoms with Gasteiger partial charge in [-0.3, -0.25) is 9.78 Å². The van der Waals surface area contributed by atoms with Crippen molar-refractivity contribution in [2.75, 3.05) is 32.7 Å². The second kappa shape index (κ2) is 10.2. The van der Waals surface area contributed by atoms with Crippen LogP contribution in [-0.4, -0.2) is 65.3 Å². The topological polar surface area (TPSA) is 88.5 Å². The van der Waals surface area contributed by atoms with E-state index in [4.69, 9.17) is 4.74 Å². The number of hydrogen-bond donors (Lipinski definition) is 2. The quantitative estimate of drug-likeness (QED) is 0.378. The zero-order chi connectivity index (χ0) is 25.0. The highest BCUT2D eigenvalue weighted by Gasteiger charge is 2.50. The number of esters is 1. The molecule has 3 fully saturated rings. The summed E-state index contributed by atoms with van der Waals surface area (Å²) in [6.07, 6.45) is 4.86. The zero-order valence-corrected chi connectivity index (χ0v) is 20.3. The highest BCUT2D eigenvalue weighted by atomic mass is 16.6. The lowest BCUT2D eigenvalue weighted by Gasteiger charge is -2.52. The summed E-state index contributed by atoms with van der Waals surface area (Å²) in [5.41, 5.74) is -0.353. The van der Waals surface area contributed by atoms with Crippen LogP contribution in [0.4, 0.5) is 0 Å². The summed E-state index contributed by atoms with van der Waals surface area (Å²) in [6, 6.07) is 21.5. The van der Waals surface area contributed by atoms with Crippen molar-refractivity contribution in [2.45, 2.75) is 24.5 Å². The first-order chi connectivity index (χ1) is 17.5. The zero-order valence-electron chi connectivity index (χ0n) is 20.3. The van der Waals surface area contributed by atoms with E-state index in [2.05, 4.69) is 10.3 Å². The van der Waals surface area contributed by atoms with Crippen LogP contribution in [0.5, 0.6) is 0 Å². The van der Waals surface area contributed by atoms with E-state index in [9.17, 15) is 14.7 Å². The van der Waals surface area contributed by atoms with Crippen LogP contribution in [0.1, 0.15) is 34.3 Å². The lowest BCUT2D eigenvalue weighted by molar-refractivity contribution is -0.945. The Morgan fingerprint density at radius 3 is 2.19 bits per heavy atom. The molecule has 0 saturated carbocycles. The fourth-order valence-corrected chi connectivity index (χ4v) is 5.66. The molecule has 0 aliphatic carbocycles. The average Bonchev–Trinajstić information content (AvgIpc) is 2.94. The number of hydrogen-bond acceptors (Lipinski definition) is 5. The van der Waals surface area contributed by atoms with Gasteiger partial charge in [0.25, 0.3) is 5.91 Å². The Hall–Kier alpha value is -3.55. The van der Waals surface area contributed by atoms with Crippen LogP contribution in [0.3, 0.4) is 0 Å². The van der Waals surface area contributed by atoms with E-state index >= 15 is 0 Å². The second-order valence-electron chi connectivity index (χ2n) is 9.92. The number of quaternary nitrogens is 1. The van der Waals surface area contributed by atoms with E-state index in [0.29, 0.717) is 29.8 Å². The summed E-state index contributed by atoms with van der Waals surface area (Å²) in [6.45, 7) is 4.01. The Morgan fingerprint density at radius 2 is 1.61 bits per heavy atom. The lowest BCUT2D eigenvalue weighted by atomic mass is 9.82. The molecular formula is C29H32N3O4+. The molecule has 0 radical (unpaired) electrons. The Bertz CT molecular complexity index is 1140. The number of pyridine rings is 1. The molecule has 1 atom stereocenters. The lowest BCUT2D eigenvalue weighted by Crippen LogP contribution is -2.66. The van der Waals surface area contributed by atoms with Gasteiger partial charge in [0, 0.05) is 31.2 Å². The first-order valence-corrected chi connectivity index (χ1v) is 12.6. The van der Waals surface area contributed by atoms with Crippen molar-refractivity contribution < 1.29 is 23.9 Å². The van der Waals surface area contributed by atoms with Crippen molar-refractivity contribution in [3.63, 3.8) is 0 Å². The van der Waals surface area contributed by atoms with E-state index in [1.54, 1.807) is 48.8 Å². The molecule has 1 aromatic heterocycles. The SMILES string of the molecule is O=C(NCC[N+]12CCC(CC1)[C@@H](OC(=O)C(O)(c1ccccc1)c1ccccc1)C2)c1cccnc1. The Balaban J connectivity index is 1.28. The summed E-state index contributed by atoms with van der Waals surface area (Å²) >= 11 is 0. The minimum absolute atomic E-state index is 0.132. The molecule has 7 nitrogen and oxygen atoms in total. The second-order valence-corrected chi connectivity index (χ2v) is 9.92. The molecule has 0 spiro atoms. The van der Waals surface area contributed by atoms with E-state index < -0.39 is 11.6 Å². The van der Waals surface area contributed by atoms with Crippen LogP contribution in [0.15, 0.2) is 85.2 Å². The maximum atomic E-state index is 13.6. The van der Waals surface area contributed by atoms with Crippen LogP contribution in [0, 0.1) is 5.92 Å². The molecule has 2 aromatic carbocycles. The van der Waals surface area contributed by atoms with Crippen molar-refractivity contribution >= 4 is 11.9 Å².